The number of carbonyl (C=O) groups is 1. The van der Waals surface area contributed by atoms with E-state index in [1.54, 1.807) is 4.68 Å². The minimum Gasteiger partial charge on any atom is -0.335 e. The van der Waals surface area contributed by atoms with E-state index in [0.717, 1.165) is 37.8 Å². The Bertz CT molecular complexity index is 1180. The van der Waals surface area contributed by atoms with Crippen molar-refractivity contribution in [2.45, 2.75) is 70.4 Å². The molecule has 0 spiro atoms. The Hall–Kier alpha value is -3.23. The number of nitrogens with one attached hydrogen (secondary N) is 2. The standard InChI is InChI=1S/C24H31N7O2/c1-16-9-11-17(12-10-16)14-31-22-20(28-29-31)23(32)27-21(26-22)18-6-5-13-30(15-18)24(33)25-19-7-3-2-4-8-19/h9-12,18-19H,2-8,13-15H2,1H3,(H,25,33)(H,26,27,32)/t18-/m1/s1. The lowest BCUT2D eigenvalue weighted by Gasteiger charge is -2.34. The summed E-state index contributed by atoms with van der Waals surface area (Å²) in [5.74, 6) is 0.589. The van der Waals surface area contributed by atoms with Crippen LogP contribution in [0.4, 0.5) is 4.79 Å². The Morgan fingerprint density at radius 1 is 1.12 bits per heavy atom. The number of hydrogen-bond donors (Lipinski definition) is 2. The van der Waals surface area contributed by atoms with Crippen LogP contribution in [0.25, 0.3) is 11.2 Å². The molecular formula is C24H31N7O2. The van der Waals surface area contributed by atoms with Crippen molar-refractivity contribution in [1.82, 2.24) is 35.2 Å². The maximum Gasteiger partial charge on any atom is 0.317 e. The number of benzene rings is 1. The van der Waals surface area contributed by atoms with Crippen LogP contribution in [-0.2, 0) is 6.54 Å². The second kappa shape index (κ2) is 9.33. The average molecular weight is 450 g/mol. The van der Waals surface area contributed by atoms with Crippen molar-refractivity contribution < 1.29 is 4.79 Å². The lowest BCUT2D eigenvalue weighted by Crippen LogP contribution is -2.48. The predicted molar refractivity (Wildman–Crippen MR) is 125 cm³/mol. The molecule has 2 amide bonds. The molecule has 3 aromatic rings. The zero-order chi connectivity index (χ0) is 22.8. The fourth-order valence-corrected chi connectivity index (χ4v) is 4.95. The largest absolute Gasteiger partial charge is 0.335 e. The summed E-state index contributed by atoms with van der Waals surface area (Å²) in [6, 6.07) is 8.47. The van der Waals surface area contributed by atoms with E-state index in [2.05, 4.69) is 32.7 Å². The molecule has 1 atom stereocenters. The summed E-state index contributed by atoms with van der Waals surface area (Å²) in [6.07, 6.45) is 7.51. The number of hydrogen-bond acceptors (Lipinski definition) is 5. The summed E-state index contributed by atoms with van der Waals surface area (Å²) >= 11 is 0. The van der Waals surface area contributed by atoms with E-state index in [1.165, 1.54) is 24.8 Å². The number of urea groups is 1. The van der Waals surface area contributed by atoms with Gasteiger partial charge in [-0.25, -0.2) is 14.5 Å². The quantitative estimate of drug-likeness (QED) is 0.636. The van der Waals surface area contributed by atoms with Crippen LogP contribution in [-0.4, -0.2) is 55.0 Å². The fraction of sp³-hybridized carbons (Fsp3) is 0.542. The van der Waals surface area contributed by atoms with Gasteiger partial charge in [-0.2, -0.15) is 0 Å². The third-order valence-electron chi connectivity index (χ3n) is 6.87. The third-order valence-corrected chi connectivity index (χ3v) is 6.87. The monoisotopic (exact) mass is 449 g/mol. The number of fused-ring (bicyclic) bond motifs is 1. The van der Waals surface area contributed by atoms with Crippen molar-refractivity contribution >= 4 is 17.2 Å². The van der Waals surface area contributed by atoms with E-state index in [9.17, 15) is 9.59 Å². The Balaban J connectivity index is 1.34. The summed E-state index contributed by atoms with van der Waals surface area (Å²) in [7, 11) is 0. The molecule has 1 aliphatic heterocycles. The van der Waals surface area contributed by atoms with E-state index in [1.807, 2.05) is 24.0 Å². The number of likely N-dealkylation sites (tertiary alicyclic amines) is 1. The number of rotatable bonds is 4. The first-order valence-electron chi connectivity index (χ1n) is 12.0. The zero-order valence-corrected chi connectivity index (χ0v) is 19.1. The number of piperidine rings is 1. The molecule has 1 aliphatic carbocycles. The predicted octanol–water partition coefficient (Wildman–Crippen LogP) is 3.09. The normalized spacial score (nSPS) is 19.7. The number of nitrogens with zero attached hydrogens (tertiary/aromatic N) is 5. The molecule has 0 unspecified atom stereocenters. The first-order chi connectivity index (χ1) is 16.1. The van der Waals surface area contributed by atoms with Crippen molar-refractivity contribution in [2.24, 2.45) is 0 Å². The van der Waals surface area contributed by atoms with Crippen molar-refractivity contribution in [3.05, 3.63) is 51.6 Å². The maximum absolute atomic E-state index is 12.9. The maximum atomic E-state index is 12.9. The molecule has 2 N–H and O–H groups in total. The highest BCUT2D eigenvalue weighted by Gasteiger charge is 2.28. The van der Waals surface area contributed by atoms with Crippen LogP contribution in [0.3, 0.4) is 0 Å². The van der Waals surface area contributed by atoms with E-state index in [4.69, 9.17) is 4.98 Å². The van der Waals surface area contributed by atoms with Crippen molar-refractivity contribution in [2.75, 3.05) is 13.1 Å². The smallest absolute Gasteiger partial charge is 0.317 e. The van der Waals surface area contributed by atoms with Gasteiger partial charge in [0.2, 0.25) is 0 Å². The molecule has 0 radical (unpaired) electrons. The first kappa shape index (κ1) is 21.6. The van der Waals surface area contributed by atoms with Crippen molar-refractivity contribution in [3.63, 3.8) is 0 Å². The van der Waals surface area contributed by atoms with Gasteiger partial charge in [0.25, 0.3) is 5.56 Å². The second-order valence-corrected chi connectivity index (χ2v) is 9.43. The van der Waals surface area contributed by atoms with E-state index >= 15 is 0 Å². The zero-order valence-electron chi connectivity index (χ0n) is 19.1. The second-order valence-electron chi connectivity index (χ2n) is 9.43. The SMILES string of the molecule is Cc1ccc(Cn2nnc3c(=O)[nH]c([C@@H]4CCCN(C(=O)NC5CCCCC5)C4)nc32)cc1. The van der Waals surface area contributed by atoms with Crippen LogP contribution in [0.2, 0.25) is 0 Å². The van der Waals surface area contributed by atoms with Gasteiger partial charge < -0.3 is 15.2 Å². The van der Waals surface area contributed by atoms with E-state index in [0.29, 0.717) is 24.6 Å². The van der Waals surface area contributed by atoms with Gasteiger partial charge in [-0.15, -0.1) is 5.10 Å². The molecule has 1 saturated carbocycles. The molecule has 2 fully saturated rings. The van der Waals surface area contributed by atoms with Crippen LogP contribution < -0.4 is 10.9 Å². The van der Waals surface area contributed by atoms with Crippen LogP contribution in [0.1, 0.15) is 67.8 Å². The number of aromatic nitrogens is 5. The highest BCUT2D eigenvalue weighted by molar-refractivity contribution is 5.74. The number of H-pyrrole nitrogens is 1. The molecule has 9 nitrogen and oxygen atoms in total. The lowest BCUT2D eigenvalue weighted by atomic mass is 9.95. The van der Waals surface area contributed by atoms with Crippen molar-refractivity contribution in [1.29, 1.82) is 0 Å². The Kier molecular flexibility index (Phi) is 6.11. The van der Waals surface area contributed by atoms with Gasteiger partial charge in [0.05, 0.1) is 6.54 Å². The van der Waals surface area contributed by atoms with Crippen molar-refractivity contribution in [3.8, 4) is 0 Å². The molecule has 1 aromatic carbocycles. The molecule has 2 aromatic heterocycles. The minimum atomic E-state index is -0.283. The Morgan fingerprint density at radius 3 is 2.70 bits per heavy atom. The van der Waals surface area contributed by atoms with E-state index in [-0.39, 0.29) is 29.1 Å². The van der Waals surface area contributed by atoms with Gasteiger partial charge in [0.1, 0.15) is 5.82 Å². The molecule has 2 aliphatic rings. The minimum absolute atomic E-state index is 0.00102. The Morgan fingerprint density at radius 2 is 1.91 bits per heavy atom. The summed E-state index contributed by atoms with van der Waals surface area (Å²) in [6.45, 7) is 3.82. The molecule has 33 heavy (non-hydrogen) atoms. The summed E-state index contributed by atoms with van der Waals surface area (Å²) < 4.78 is 1.68. The molecule has 174 valence electrons. The topological polar surface area (TPSA) is 109 Å². The summed E-state index contributed by atoms with van der Waals surface area (Å²) in [5, 5.41) is 11.4. The van der Waals surface area contributed by atoms with Crippen LogP contribution in [0, 0.1) is 6.92 Å². The fourth-order valence-electron chi connectivity index (χ4n) is 4.95. The molecule has 3 heterocycles. The number of aromatic amines is 1. The summed E-state index contributed by atoms with van der Waals surface area (Å²) in [5.41, 5.74) is 2.70. The lowest BCUT2D eigenvalue weighted by molar-refractivity contribution is 0.171. The van der Waals surface area contributed by atoms with Gasteiger partial charge in [-0.3, -0.25) is 4.79 Å². The van der Waals surface area contributed by atoms with Gasteiger partial charge >= 0.3 is 6.03 Å². The van der Waals surface area contributed by atoms with Gasteiger partial charge in [-0.1, -0.05) is 54.3 Å². The third kappa shape index (κ3) is 4.77. The average Bonchev–Trinajstić information content (AvgIpc) is 3.24. The van der Waals surface area contributed by atoms with Crippen LogP contribution in [0.15, 0.2) is 29.1 Å². The summed E-state index contributed by atoms with van der Waals surface area (Å²) in [4.78, 5) is 35.1. The van der Waals surface area contributed by atoms with Gasteiger partial charge in [0.15, 0.2) is 11.2 Å². The number of carbonyl (C=O) groups excluding carboxylic acids is 1. The molecule has 1 saturated heterocycles. The molecular weight excluding hydrogens is 418 g/mol. The molecule has 9 heteroatoms. The highest BCUT2D eigenvalue weighted by Crippen LogP contribution is 2.25. The number of amides is 2. The van der Waals surface area contributed by atoms with Gasteiger partial charge in [0, 0.05) is 25.0 Å². The Labute approximate surface area is 192 Å². The van der Waals surface area contributed by atoms with E-state index < -0.39 is 0 Å². The number of aryl methyl sites for hydroxylation is 1. The van der Waals surface area contributed by atoms with Crippen LogP contribution >= 0.6 is 0 Å². The highest BCUT2D eigenvalue weighted by atomic mass is 16.2. The van der Waals surface area contributed by atoms with Gasteiger partial charge in [-0.05, 0) is 38.2 Å². The first-order valence-corrected chi connectivity index (χ1v) is 12.0. The van der Waals surface area contributed by atoms with Crippen LogP contribution in [0.5, 0.6) is 0 Å². The molecule has 5 rings (SSSR count). The molecule has 0 bridgehead atoms.